The quantitative estimate of drug-likeness (QED) is 0.857. The molecule has 1 atom stereocenters. The lowest BCUT2D eigenvalue weighted by Gasteiger charge is -2.24. The second kappa shape index (κ2) is 6.66. The van der Waals surface area contributed by atoms with E-state index in [2.05, 4.69) is 17.6 Å². The molecule has 1 unspecified atom stereocenters. The van der Waals surface area contributed by atoms with Crippen molar-refractivity contribution in [2.45, 2.75) is 19.8 Å². The van der Waals surface area contributed by atoms with Crippen LogP contribution in [0.1, 0.15) is 18.4 Å². The van der Waals surface area contributed by atoms with Gasteiger partial charge in [0, 0.05) is 12.6 Å². The molecule has 1 aromatic rings. The van der Waals surface area contributed by atoms with E-state index in [9.17, 15) is 0 Å². The summed E-state index contributed by atoms with van der Waals surface area (Å²) in [6.07, 6.45) is 2.56. The molecule has 2 rings (SSSR count). The molecule has 0 spiro atoms. The molecule has 0 bridgehead atoms. The van der Waals surface area contributed by atoms with Crippen molar-refractivity contribution in [3.63, 3.8) is 0 Å². The molecular weight excluding hydrogens is 240 g/mol. The number of piperidine rings is 1. The number of methoxy groups -OCH3 is 2. The first-order valence-corrected chi connectivity index (χ1v) is 6.91. The summed E-state index contributed by atoms with van der Waals surface area (Å²) in [6.45, 7) is 5.31. The first-order chi connectivity index (χ1) is 9.24. The molecule has 2 N–H and O–H groups in total. The number of rotatable bonds is 5. The van der Waals surface area contributed by atoms with Crippen LogP contribution >= 0.6 is 0 Å². The van der Waals surface area contributed by atoms with Crippen LogP contribution in [0.15, 0.2) is 12.1 Å². The maximum absolute atomic E-state index is 5.45. The molecule has 1 aliphatic rings. The molecular formula is C15H24N2O2. The van der Waals surface area contributed by atoms with Gasteiger partial charge in [-0.2, -0.15) is 0 Å². The lowest BCUT2D eigenvalue weighted by atomic mass is 9.99. The van der Waals surface area contributed by atoms with Crippen molar-refractivity contribution >= 4 is 5.69 Å². The summed E-state index contributed by atoms with van der Waals surface area (Å²) >= 11 is 0. The molecule has 0 amide bonds. The molecule has 1 heterocycles. The van der Waals surface area contributed by atoms with Gasteiger partial charge in [0.15, 0.2) is 0 Å². The predicted molar refractivity (Wildman–Crippen MR) is 78.4 cm³/mol. The largest absolute Gasteiger partial charge is 0.497 e. The topological polar surface area (TPSA) is 42.5 Å². The highest BCUT2D eigenvalue weighted by Crippen LogP contribution is 2.33. The first-order valence-electron chi connectivity index (χ1n) is 6.91. The van der Waals surface area contributed by atoms with Crippen molar-refractivity contribution in [2.24, 2.45) is 5.92 Å². The van der Waals surface area contributed by atoms with E-state index in [-0.39, 0.29) is 0 Å². The van der Waals surface area contributed by atoms with Crippen LogP contribution < -0.4 is 20.1 Å². The van der Waals surface area contributed by atoms with Gasteiger partial charge in [0.1, 0.15) is 11.5 Å². The number of hydrogen-bond donors (Lipinski definition) is 2. The van der Waals surface area contributed by atoms with Crippen LogP contribution in [0.25, 0.3) is 0 Å². The number of benzene rings is 1. The monoisotopic (exact) mass is 264 g/mol. The number of anilines is 1. The molecule has 0 saturated carbocycles. The van der Waals surface area contributed by atoms with Crippen molar-refractivity contribution in [2.75, 3.05) is 39.2 Å². The fraction of sp³-hybridized carbons (Fsp3) is 0.600. The minimum atomic E-state index is 0.694. The summed E-state index contributed by atoms with van der Waals surface area (Å²) in [5, 5.41) is 6.97. The molecule has 19 heavy (non-hydrogen) atoms. The molecule has 1 fully saturated rings. The highest BCUT2D eigenvalue weighted by molar-refractivity contribution is 5.64. The molecule has 1 aromatic carbocycles. The summed E-state index contributed by atoms with van der Waals surface area (Å²) < 4.78 is 10.7. The van der Waals surface area contributed by atoms with Crippen LogP contribution in [-0.2, 0) is 0 Å². The molecule has 4 heteroatoms. The highest BCUT2D eigenvalue weighted by atomic mass is 16.5. The number of ether oxygens (including phenoxy) is 2. The Kier molecular flexibility index (Phi) is 4.91. The summed E-state index contributed by atoms with van der Waals surface area (Å²) in [7, 11) is 3.37. The van der Waals surface area contributed by atoms with Crippen LogP contribution in [0, 0.1) is 12.8 Å². The van der Waals surface area contributed by atoms with E-state index in [1.165, 1.54) is 12.8 Å². The van der Waals surface area contributed by atoms with Gasteiger partial charge in [-0.05, 0) is 50.4 Å². The predicted octanol–water partition coefficient (Wildman–Crippen LogP) is 2.42. The molecule has 106 valence electrons. The maximum Gasteiger partial charge on any atom is 0.145 e. The van der Waals surface area contributed by atoms with Gasteiger partial charge >= 0.3 is 0 Å². The number of hydrogen-bond acceptors (Lipinski definition) is 4. The standard InChI is InChI=1S/C15H24N2O2/c1-11-7-13(18-2)8-14(19-3)15(11)17-10-12-5-4-6-16-9-12/h7-8,12,16-17H,4-6,9-10H2,1-3H3. The normalized spacial score (nSPS) is 19.0. The zero-order chi connectivity index (χ0) is 13.7. The molecule has 0 aromatic heterocycles. The Labute approximate surface area is 115 Å². The first kappa shape index (κ1) is 14.0. The van der Waals surface area contributed by atoms with Gasteiger partial charge in [-0.3, -0.25) is 0 Å². The van der Waals surface area contributed by atoms with E-state index >= 15 is 0 Å². The Balaban J connectivity index is 2.05. The Morgan fingerprint density at radius 1 is 1.32 bits per heavy atom. The van der Waals surface area contributed by atoms with Gasteiger partial charge in [-0.1, -0.05) is 0 Å². The van der Waals surface area contributed by atoms with E-state index in [0.29, 0.717) is 5.92 Å². The van der Waals surface area contributed by atoms with E-state index in [0.717, 1.165) is 42.4 Å². The minimum absolute atomic E-state index is 0.694. The van der Waals surface area contributed by atoms with Gasteiger partial charge in [0.05, 0.1) is 19.9 Å². The lowest BCUT2D eigenvalue weighted by Crippen LogP contribution is -2.33. The summed E-state index contributed by atoms with van der Waals surface area (Å²) in [4.78, 5) is 0. The van der Waals surface area contributed by atoms with E-state index in [4.69, 9.17) is 9.47 Å². The van der Waals surface area contributed by atoms with Gasteiger partial charge in [0.25, 0.3) is 0 Å². The van der Waals surface area contributed by atoms with Crippen LogP contribution in [0.5, 0.6) is 11.5 Å². The van der Waals surface area contributed by atoms with Crippen LogP contribution in [0.4, 0.5) is 5.69 Å². The molecule has 1 aliphatic heterocycles. The molecule has 1 saturated heterocycles. The van der Waals surface area contributed by atoms with Crippen molar-refractivity contribution in [1.82, 2.24) is 5.32 Å². The second-order valence-corrected chi connectivity index (χ2v) is 5.11. The van der Waals surface area contributed by atoms with Gasteiger partial charge in [-0.25, -0.2) is 0 Å². The van der Waals surface area contributed by atoms with Gasteiger partial charge in [-0.15, -0.1) is 0 Å². The van der Waals surface area contributed by atoms with E-state index in [1.54, 1.807) is 14.2 Å². The average Bonchev–Trinajstić information content (AvgIpc) is 2.46. The number of aryl methyl sites for hydroxylation is 1. The highest BCUT2D eigenvalue weighted by Gasteiger charge is 2.15. The third kappa shape index (κ3) is 3.53. The molecule has 4 nitrogen and oxygen atoms in total. The van der Waals surface area contributed by atoms with Crippen molar-refractivity contribution in [3.8, 4) is 11.5 Å². The fourth-order valence-electron chi connectivity index (χ4n) is 2.57. The summed E-state index contributed by atoms with van der Waals surface area (Å²) in [5.74, 6) is 2.37. The van der Waals surface area contributed by atoms with Crippen molar-refractivity contribution in [3.05, 3.63) is 17.7 Å². The molecule has 0 aliphatic carbocycles. The Morgan fingerprint density at radius 3 is 2.79 bits per heavy atom. The van der Waals surface area contributed by atoms with E-state index < -0.39 is 0 Å². The minimum Gasteiger partial charge on any atom is -0.497 e. The fourth-order valence-corrected chi connectivity index (χ4v) is 2.57. The van der Waals surface area contributed by atoms with Crippen molar-refractivity contribution in [1.29, 1.82) is 0 Å². The molecule has 0 radical (unpaired) electrons. The summed E-state index contributed by atoms with van der Waals surface area (Å²) in [5.41, 5.74) is 2.23. The lowest BCUT2D eigenvalue weighted by molar-refractivity contribution is 0.387. The Morgan fingerprint density at radius 2 is 2.16 bits per heavy atom. The van der Waals surface area contributed by atoms with Gasteiger partial charge < -0.3 is 20.1 Å². The third-order valence-corrected chi connectivity index (χ3v) is 3.69. The van der Waals surface area contributed by atoms with Crippen molar-refractivity contribution < 1.29 is 9.47 Å². The Hall–Kier alpha value is -1.42. The van der Waals surface area contributed by atoms with Crippen LogP contribution in [-0.4, -0.2) is 33.9 Å². The van der Waals surface area contributed by atoms with Gasteiger partial charge in [0.2, 0.25) is 0 Å². The SMILES string of the molecule is COc1cc(C)c(NCC2CCCNC2)c(OC)c1. The number of nitrogens with one attached hydrogen (secondary N) is 2. The van der Waals surface area contributed by atoms with E-state index in [1.807, 2.05) is 12.1 Å². The smallest absolute Gasteiger partial charge is 0.145 e. The summed E-state index contributed by atoms with van der Waals surface area (Å²) in [6, 6.07) is 3.96. The second-order valence-electron chi connectivity index (χ2n) is 5.11. The average molecular weight is 264 g/mol. The van der Waals surface area contributed by atoms with Crippen LogP contribution in [0.2, 0.25) is 0 Å². The third-order valence-electron chi connectivity index (χ3n) is 3.69. The maximum atomic E-state index is 5.45. The zero-order valence-electron chi connectivity index (χ0n) is 12.1. The van der Waals surface area contributed by atoms with Crippen LogP contribution in [0.3, 0.4) is 0 Å². The zero-order valence-corrected chi connectivity index (χ0v) is 12.1. The Bertz CT molecular complexity index is 415.